The van der Waals surface area contributed by atoms with Crippen LogP contribution in [0.5, 0.6) is 5.88 Å². The number of nitrogens with zero attached hydrogens (tertiary/aromatic N) is 3. The van der Waals surface area contributed by atoms with Gasteiger partial charge < -0.3 is 20.5 Å². The average Bonchev–Trinajstić information content (AvgIpc) is 3.28. The average molecular weight is 505 g/mol. The minimum atomic E-state index is -0.747. The molecule has 3 aliphatic rings. The summed E-state index contributed by atoms with van der Waals surface area (Å²) in [7, 11) is 0. The first-order valence-corrected chi connectivity index (χ1v) is 12.6. The lowest BCUT2D eigenvalue weighted by atomic mass is 9.73. The molecule has 12 heteroatoms. The number of aromatic hydroxyl groups is 1. The van der Waals surface area contributed by atoms with Crippen molar-refractivity contribution >= 4 is 17.8 Å². The molecule has 198 valence electrons. The van der Waals surface area contributed by atoms with Crippen molar-refractivity contribution < 1.29 is 19.4 Å². The lowest BCUT2D eigenvalue weighted by Gasteiger charge is -2.44. The molecule has 4 rings (SSSR count). The third-order valence-corrected chi connectivity index (χ3v) is 8.04. The van der Waals surface area contributed by atoms with Crippen molar-refractivity contribution in [2.75, 3.05) is 26.3 Å². The number of hydrogen-bond donors (Lipinski definition) is 4. The summed E-state index contributed by atoms with van der Waals surface area (Å²) in [4.78, 5) is 53.1. The van der Waals surface area contributed by atoms with E-state index in [1.165, 1.54) is 0 Å². The number of hydrogen-bond acceptors (Lipinski definition) is 7. The monoisotopic (exact) mass is 504 g/mol. The van der Waals surface area contributed by atoms with Crippen molar-refractivity contribution in [3.8, 4) is 5.88 Å². The molecule has 3 amide bonds. The van der Waals surface area contributed by atoms with Crippen LogP contribution in [0.15, 0.2) is 9.59 Å². The smallest absolute Gasteiger partial charge is 0.334 e. The maximum Gasteiger partial charge on any atom is 0.334 e. The Kier molecular flexibility index (Phi) is 7.00. The van der Waals surface area contributed by atoms with Gasteiger partial charge in [-0.25, -0.2) is 9.59 Å². The van der Waals surface area contributed by atoms with Crippen molar-refractivity contribution in [3.05, 3.63) is 26.4 Å². The van der Waals surface area contributed by atoms with Gasteiger partial charge >= 0.3 is 11.7 Å². The quantitative estimate of drug-likeness (QED) is 0.315. The van der Waals surface area contributed by atoms with Crippen molar-refractivity contribution in [2.24, 2.45) is 16.6 Å². The van der Waals surface area contributed by atoms with Crippen LogP contribution in [0.25, 0.3) is 0 Å². The summed E-state index contributed by atoms with van der Waals surface area (Å²) in [6.45, 7) is 5.81. The van der Waals surface area contributed by atoms with Gasteiger partial charge in [0.15, 0.2) is 0 Å². The molecule has 1 atom stereocenters. The van der Waals surface area contributed by atoms with Crippen LogP contribution in [0.4, 0.5) is 4.79 Å². The van der Waals surface area contributed by atoms with E-state index in [0.717, 1.165) is 15.6 Å². The fourth-order valence-electron chi connectivity index (χ4n) is 5.77. The van der Waals surface area contributed by atoms with Crippen molar-refractivity contribution in [1.29, 1.82) is 5.41 Å². The van der Waals surface area contributed by atoms with Crippen LogP contribution in [-0.4, -0.2) is 63.2 Å². The van der Waals surface area contributed by atoms with Gasteiger partial charge in [0.2, 0.25) is 11.8 Å². The third-order valence-electron chi connectivity index (χ3n) is 8.04. The summed E-state index contributed by atoms with van der Waals surface area (Å²) in [6, 6.07) is -0.809. The highest BCUT2D eigenvalue weighted by Gasteiger charge is 2.50. The molecule has 3 heterocycles. The van der Waals surface area contributed by atoms with Gasteiger partial charge in [0.25, 0.3) is 5.56 Å². The third kappa shape index (κ3) is 4.54. The van der Waals surface area contributed by atoms with Crippen LogP contribution in [0, 0.1) is 16.2 Å². The largest absolute Gasteiger partial charge is 0.494 e. The highest BCUT2D eigenvalue weighted by atomic mass is 16.5. The molecule has 0 unspecified atom stereocenters. The first-order chi connectivity index (χ1) is 17.0. The van der Waals surface area contributed by atoms with Crippen LogP contribution in [0.3, 0.4) is 0 Å². The molecule has 5 N–H and O–H groups in total. The molecule has 1 aromatic rings. The van der Waals surface area contributed by atoms with Crippen LogP contribution in [0.1, 0.15) is 70.4 Å². The van der Waals surface area contributed by atoms with Crippen LogP contribution in [0.2, 0.25) is 0 Å². The van der Waals surface area contributed by atoms with Crippen molar-refractivity contribution in [1.82, 2.24) is 19.4 Å². The van der Waals surface area contributed by atoms with E-state index < -0.39 is 40.5 Å². The molecule has 1 aromatic heterocycles. The number of urea groups is 1. The minimum Gasteiger partial charge on any atom is -0.494 e. The van der Waals surface area contributed by atoms with Crippen LogP contribution in [-0.2, 0) is 16.1 Å². The number of imide groups is 1. The lowest BCUT2D eigenvalue weighted by Crippen LogP contribution is -2.62. The number of carbonyl (C=O) groups is 2. The number of amidine groups is 1. The highest BCUT2D eigenvalue weighted by molar-refractivity contribution is 6.00. The van der Waals surface area contributed by atoms with Crippen LogP contribution < -0.4 is 22.3 Å². The van der Waals surface area contributed by atoms with E-state index in [-0.39, 0.29) is 23.4 Å². The van der Waals surface area contributed by atoms with Gasteiger partial charge in [0, 0.05) is 32.3 Å². The van der Waals surface area contributed by atoms with E-state index in [4.69, 9.17) is 15.9 Å². The maximum absolute atomic E-state index is 13.2. The van der Waals surface area contributed by atoms with Gasteiger partial charge in [-0.2, -0.15) is 0 Å². The zero-order valence-corrected chi connectivity index (χ0v) is 21.0. The van der Waals surface area contributed by atoms with E-state index in [0.29, 0.717) is 64.8 Å². The zero-order valence-electron chi connectivity index (χ0n) is 21.0. The summed E-state index contributed by atoms with van der Waals surface area (Å²) >= 11 is 0. The molecule has 12 nitrogen and oxygen atoms in total. The zero-order chi connectivity index (χ0) is 26.3. The Morgan fingerprint density at radius 1 is 1.22 bits per heavy atom. The number of nitrogens with two attached hydrogens (primary N) is 1. The standard InChI is InChI=1S/C24H36N6O6/c1-3-4-10-29-18(31)16(17(25)26)19(32)30(22(29)35)15-5-7-23(2,8-6-15)12-28-13-24(9-11-36-14-24)20(33)27-21(28)34/h15,31H,3-14H2,1-2H3,(H3,25,26)(H,27,33,34)/t15?,23?,24-/m1/s1. The number of carbonyl (C=O) groups excluding carboxylic acids is 2. The second-order valence-electron chi connectivity index (χ2n) is 10.8. The second kappa shape index (κ2) is 9.72. The first kappa shape index (κ1) is 25.9. The molecule has 0 aromatic carbocycles. The summed E-state index contributed by atoms with van der Waals surface area (Å²) in [5.74, 6) is -1.41. The molecule has 2 aliphatic heterocycles. The number of unbranched alkanes of at least 4 members (excludes halogenated alkanes) is 1. The number of rotatable bonds is 7. The number of nitrogens with one attached hydrogen (secondary N) is 2. The van der Waals surface area contributed by atoms with E-state index in [2.05, 4.69) is 12.2 Å². The Morgan fingerprint density at radius 3 is 2.50 bits per heavy atom. The van der Waals surface area contributed by atoms with Crippen molar-refractivity contribution in [2.45, 2.75) is 71.4 Å². The Morgan fingerprint density at radius 2 is 1.92 bits per heavy atom. The molecule has 1 saturated carbocycles. The van der Waals surface area contributed by atoms with Gasteiger partial charge in [0.1, 0.15) is 11.4 Å². The van der Waals surface area contributed by atoms with Gasteiger partial charge in [-0.1, -0.05) is 20.3 Å². The molecule has 0 bridgehead atoms. The first-order valence-electron chi connectivity index (χ1n) is 12.6. The van der Waals surface area contributed by atoms with Gasteiger partial charge in [0.05, 0.1) is 12.0 Å². The molecule has 0 radical (unpaired) electrons. The van der Waals surface area contributed by atoms with E-state index in [1.54, 1.807) is 4.90 Å². The van der Waals surface area contributed by atoms with Gasteiger partial charge in [-0.3, -0.25) is 29.4 Å². The Labute approximate surface area is 208 Å². The Hall–Kier alpha value is -3.15. The number of nitrogen functional groups attached to an aromatic ring is 1. The van der Waals surface area contributed by atoms with Crippen molar-refractivity contribution in [3.63, 3.8) is 0 Å². The predicted octanol–water partition coefficient (Wildman–Crippen LogP) is 0.880. The highest BCUT2D eigenvalue weighted by Crippen LogP contribution is 2.42. The molecular formula is C24H36N6O6. The topological polar surface area (TPSA) is 173 Å². The fraction of sp³-hybridized carbons (Fsp3) is 0.708. The SMILES string of the molecule is CCCCn1c(O)c(C(=N)N)c(=O)n(C2CCC(C)(CN3C[C@@]4(CCOC4)C(=O)NC3=O)CC2)c1=O. The van der Waals surface area contributed by atoms with E-state index in [9.17, 15) is 24.3 Å². The Bertz CT molecular complexity index is 1170. The van der Waals surface area contributed by atoms with Gasteiger partial charge in [-0.15, -0.1) is 0 Å². The molecular weight excluding hydrogens is 468 g/mol. The lowest BCUT2D eigenvalue weighted by molar-refractivity contribution is -0.133. The number of aromatic nitrogens is 2. The second-order valence-corrected chi connectivity index (χ2v) is 10.8. The molecule has 1 aliphatic carbocycles. The summed E-state index contributed by atoms with van der Waals surface area (Å²) in [5, 5.41) is 20.8. The predicted molar refractivity (Wildman–Crippen MR) is 131 cm³/mol. The minimum absolute atomic E-state index is 0.223. The molecule has 36 heavy (non-hydrogen) atoms. The summed E-state index contributed by atoms with van der Waals surface area (Å²) < 4.78 is 7.73. The fourth-order valence-corrected chi connectivity index (χ4v) is 5.77. The van der Waals surface area contributed by atoms with Gasteiger partial charge in [-0.05, 0) is 43.9 Å². The Balaban J connectivity index is 1.54. The summed E-state index contributed by atoms with van der Waals surface area (Å²) in [5.41, 5.74) is 2.94. The molecule has 2 saturated heterocycles. The van der Waals surface area contributed by atoms with Crippen LogP contribution >= 0.6 is 0 Å². The van der Waals surface area contributed by atoms with E-state index >= 15 is 0 Å². The molecule has 3 fully saturated rings. The normalized spacial score (nSPS) is 28.5. The maximum atomic E-state index is 13.2. The molecule has 1 spiro atoms. The number of ether oxygens (including phenoxy) is 1. The summed E-state index contributed by atoms with van der Waals surface area (Å²) in [6.07, 6.45) is 4.32. The number of amides is 3. The van der Waals surface area contributed by atoms with E-state index in [1.807, 2.05) is 6.92 Å².